The molecule has 0 unspecified atom stereocenters. The number of aromatic nitrogens is 2. The SMILES string of the molecule is Cc1cnn(CCCS(=O)(=O)c2ccc(Cl)cc2)c1. The third-order valence-electron chi connectivity index (χ3n) is 2.74. The summed E-state index contributed by atoms with van der Waals surface area (Å²) in [4.78, 5) is 0.313. The second-order valence-electron chi connectivity index (χ2n) is 4.41. The Balaban J connectivity index is 1.96. The molecule has 0 N–H and O–H groups in total. The summed E-state index contributed by atoms with van der Waals surface area (Å²) < 4.78 is 25.9. The van der Waals surface area contributed by atoms with Crippen LogP contribution in [0.5, 0.6) is 0 Å². The Morgan fingerprint density at radius 1 is 1.26 bits per heavy atom. The van der Waals surface area contributed by atoms with Gasteiger partial charge in [-0.15, -0.1) is 0 Å². The van der Waals surface area contributed by atoms with E-state index in [4.69, 9.17) is 11.6 Å². The van der Waals surface area contributed by atoms with Crippen molar-refractivity contribution in [3.8, 4) is 0 Å². The number of hydrogen-bond donors (Lipinski definition) is 0. The molecule has 0 radical (unpaired) electrons. The van der Waals surface area contributed by atoms with Crippen LogP contribution in [0.4, 0.5) is 0 Å². The number of benzene rings is 1. The number of aryl methyl sites for hydroxylation is 2. The van der Waals surface area contributed by atoms with Crippen LogP contribution < -0.4 is 0 Å². The van der Waals surface area contributed by atoms with Gasteiger partial charge in [-0.05, 0) is 43.2 Å². The molecule has 0 aliphatic heterocycles. The third kappa shape index (κ3) is 3.81. The minimum Gasteiger partial charge on any atom is -0.272 e. The zero-order valence-electron chi connectivity index (χ0n) is 10.6. The molecule has 0 spiro atoms. The van der Waals surface area contributed by atoms with Crippen LogP contribution in [-0.4, -0.2) is 24.0 Å². The summed E-state index contributed by atoms with van der Waals surface area (Å²) in [7, 11) is -3.24. The van der Waals surface area contributed by atoms with Crippen LogP contribution in [0.1, 0.15) is 12.0 Å². The van der Waals surface area contributed by atoms with Crippen molar-refractivity contribution in [1.82, 2.24) is 9.78 Å². The van der Waals surface area contributed by atoms with Crippen molar-refractivity contribution < 1.29 is 8.42 Å². The van der Waals surface area contributed by atoms with Gasteiger partial charge in [0, 0.05) is 17.8 Å². The average molecular weight is 299 g/mol. The molecule has 6 heteroatoms. The smallest absolute Gasteiger partial charge is 0.178 e. The fraction of sp³-hybridized carbons (Fsp3) is 0.308. The highest BCUT2D eigenvalue weighted by Crippen LogP contribution is 2.16. The Labute approximate surface area is 117 Å². The molecule has 0 amide bonds. The molecular weight excluding hydrogens is 284 g/mol. The first-order valence-corrected chi connectivity index (χ1v) is 7.98. The Kier molecular flexibility index (Phi) is 4.27. The van der Waals surface area contributed by atoms with Crippen LogP contribution in [0.25, 0.3) is 0 Å². The zero-order valence-corrected chi connectivity index (χ0v) is 12.2. The summed E-state index contributed by atoms with van der Waals surface area (Å²) >= 11 is 5.74. The molecule has 0 atom stereocenters. The summed E-state index contributed by atoms with van der Waals surface area (Å²) in [5.41, 5.74) is 1.07. The van der Waals surface area contributed by atoms with E-state index in [2.05, 4.69) is 5.10 Å². The molecule has 19 heavy (non-hydrogen) atoms. The molecular formula is C13H15ClN2O2S. The van der Waals surface area contributed by atoms with Gasteiger partial charge in [-0.1, -0.05) is 11.6 Å². The highest BCUT2D eigenvalue weighted by molar-refractivity contribution is 7.91. The van der Waals surface area contributed by atoms with Crippen molar-refractivity contribution in [3.63, 3.8) is 0 Å². The summed E-state index contributed by atoms with van der Waals surface area (Å²) in [6, 6.07) is 6.25. The van der Waals surface area contributed by atoms with E-state index in [0.717, 1.165) is 5.56 Å². The van der Waals surface area contributed by atoms with Gasteiger partial charge in [0.15, 0.2) is 9.84 Å². The van der Waals surface area contributed by atoms with Crippen molar-refractivity contribution in [1.29, 1.82) is 0 Å². The maximum Gasteiger partial charge on any atom is 0.178 e. The molecule has 4 nitrogen and oxygen atoms in total. The number of rotatable bonds is 5. The lowest BCUT2D eigenvalue weighted by atomic mass is 10.4. The molecule has 0 aliphatic rings. The number of hydrogen-bond acceptors (Lipinski definition) is 3. The molecule has 0 saturated carbocycles. The van der Waals surface area contributed by atoms with Gasteiger partial charge in [-0.3, -0.25) is 4.68 Å². The Morgan fingerprint density at radius 2 is 1.95 bits per heavy atom. The quantitative estimate of drug-likeness (QED) is 0.853. The molecule has 1 heterocycles. The maximum atomic E-state index is 12.1. The van der Waals surface area contributed by atoms with E-state index in [0.29, 0.717) is 22.9 Å². The maximum absolute atomic E-state index is 12.1. The second-order valence-corrected chi connectivity index (χ2v) is 6.95. The van der Waals surface area contributed by atoms with E-state index in [1.807, 2.05) is 13.1 Å². The van der Waals surface area contributed by atoms with Crippen LogP contribution in [-0.2, 0) is 16.4 Å². The van der Waals surface area contributed by atoms with Crippen LogP contribution in [0, 0.1) is 6.92 Å². The van der Waals surface area contributed by atoms with Gasteiger partial charge in [0.25, 0.3) is 0 Å². The topological polar surface area (TPSA) is 52.0 Å². The van der Waals surface area contributed by atoms with Crippen molar-refractivity contribution in [2.24, 2.45) is 0 Å². The van der Waals surface area contributed by atoms with Gasteiger partial charge < -0.3 is 0 Å². The highest BCUT2D eigenvalue weighted by Gasteiger charge is 2.13. The molecule has 1 aromatic carbocycles. The lowest BCUT2D eigenvalue weighted by molar-refractivity contribution is 0.572. The van der Waals surface area contributed by atoms with E-state index in [-0.39, 0.29) is 5.75 Å². The number of halogens is 1. The van der Waals surface area contributed by atoms with Crippen LogP contribution in [0.15, 0.2) is 41.6 Å². The predicted octanol–water partition coefficient (Wildman–Crippen LogP) is 2.71. The largest absolute Gasteiger partial charge is 0.272 e. The third-order valence-corrected chi connectivity index (χ3v) is 4.80. The minimum absolute atomic E-state index is 0.105. The van der Waals surface area contributed by atoms with E-state index in [1.54, 1.807) is 23.0 Å². The first-order valence-electron chi connectivity index (χ1n) is 5.95. The summed E-state index contributed by atoms with van der Waals surface area (Å²) in [6.07, 6.45) is 4.19. The predicted molar refractivity (Wildman–Crippen MR) is 75.1 cm³/mol. The molecule has 2 rings (SSSR count). The Bertz CT molecular complexity index is 648. The lowest BCUT2D eigenvalue weighted by Gasteiger charge is -2.05. The van der Waals surface area contributed by atoms with Crippen molar-refractivity contribution in [2.75, 3.05) is 5.75 Å². The van der Waals surface area contributed by atoms with Crippen molar-refractivity contribution in [3.05, 3.63) is 47.2 Å². The Hall–Kier alpha value is -1.33. The van der Waals surface area contributed by atoms with Crippen LogP contribution in [0.3, 0.4) is 0 Å². The molecule has 0 aliphatic carbocycles. The standard InChI is InChI=1S/C13H15ClN2O2S/c1-11-9-15-16(10-11)7-2-8-19(17,18)13-5-3-12(14)4-6-13/h3-6,9-10H,2,7-8H2,1H3. The van der Waals surface area contributed by atoms with Gasteiger partial charge in [-0.2, -0.15) is 5.10 Å². The van der Waals surface area contributed by atoms with Gasteiger partial charge in [-0.25, -0.2) is 8.42 Å². The molecule has 2 aromatic rings. The highest BCUT2D eigenvalue weighted by atomic mass is 35.5. The number of sulfone groups is 1. The van der Waals surface area contributed by atoms with Gasteiger partial charge in [0.2, 0.25) is 0 Å². The molecule has 0 bridgehead atoms. The Morgan fingerprint density at radius 3 is 2.53 bits per heavy atom. The normalized spacial score (nSPS) is 11.7. The van der Waals surface area contributed by atoms with E-state index in [1.165, 1.54) is 12.1 Å². The van der Waals surface area contributed by atoms with Gasteiger partial charge >= 0.3 is 0 Å². The monoisotopic (exact) mass is 298 g/mol. The summed E-state index contributed by atoms with van der Waals surface area (Å²) in [5, 5.41) is 4.66. The first kappa shape index (κ1) is 14.1. The zero-order chi connectivity index (χ0) is 13.9. The van der Waals surface area contributed by atoms with E-state index in [9.17, 15) is 8.42 Å². The number of nitrogens with zero attached hydrogens (tertiary/aromatic N) is 2. The van der Waals surface area contributed by atoms with Gasteiger partial charge in [0.05, 0.1) is 16.8 Å². The average Bonchev–Trinajstić information content (AvgIpc) is 2.75. The van der Waals surface area contributed by atoms with Crippen molar-refractivity contribution >= 4 is 21.4 Å². The summed E-state index contributed by atoms with van der Waals surface area (Å²) in [5.74, 6) is 0.105. The van der Waals surface area contributed by atoms with E-state index >= 15 is 0 Å². The minimum atomic E-state index is -3.24. The van der Waals surface area contributed by atoms with Crippen LogP contribution in [0.2, 0.25) is 5.02 Å². The fourth-order valence-electron chi connectivity index (χ4n) is 1.77. The molecule has 102 valence electrons. The fourth-order valence-corrected chi connectivity index (χ4v) is 3.19. The lowest BCUT2D eigenvalue weighted by Crippen LogP contribution is -2.10. The van der Waals surface area contributed by atoms with Crippen molar-refractivity contribution in [2.45, 2.75) is 24.8 Å². The van der Waals surface area contributed by atoms with Crippen LogP contribution >= 0.6 is 11.6 Å². The second kappa shape index (κ2) is 5.75. The first-order chi connectivity index (χ1) is 8.97. The van der Waals surface area contributed by atoms with E-state index < -0.39 is 9.84 Å². The summed E-state index contributed by atoms with van der Waals surface area (Å²) in [6.45, 7) is 2.55. The van der Waals surface area contributed by atoms with Gasteiger partial charge in [0.1, 0.15) is 0 Å². The molecule has 1 aromatic heterocycles. The molecule has 0 fully saturated rings. The molecule has 0 saturated heterocycles.